The lowest BCUT2D eigenvalue weighted by Gasteiger charge is -2.24. The van der Waals surface area contributed by atoms with Crippen molar-refractivity contribution >= 4 is 19.8 Å². The minimum Gasteiger partial charge on any atom is -0.462 e. The number of quaternary nitrogens is 1. The summed E-state index contributed by atoms with van der Waals surface area (Å²) in [6, 6.07) is 0. The van der Waals surface area contributed by atoms with E-state index in [4.69, 9.17) is 18.5 Å². The molecule has 0 amide bonds. The lowest BCUT2D eigenvalue weighted by molar-refractivity contribution is -0.870. The first kappa shape index (κ1) is 65.5. The average molecular weight is 969 g/mol. The molecule has 2 unspecified atom stereocenters. The standard InChI is InChI=1S/C57H110NO8P/c1-6-8-10-12-14-16-18-20-22-24-25-26-27-28-29-30-31-32-33-34-36-38-40-42-44-46-48-50-57(60)66-55(54-65-67(61,62)64-52-51-58(3,4)5)53-63-56(59)49-47-45-43-41-39-37-35-23-21-19-17-15-13-11-9-7-2/h18,20,24-25,55H,6-17,19,21-23,26-54H2,1-5H3/p+1/b20-18-,25-24-. The Labute approximate surface area is 415 Å². The molecule has 0 aromatic rings. The second-order valence-electron chi connectivity index (χ2n) is 20.7. The number of ether oxygens (including phenoxy) is 2. The zero-order valence-electron chi connectivity index (χ0n) is 44.9. The number of esters is 2. The molecule has 0 rings (SSSR count). The average Bonchev–Trinajstić information content (AvgIpc) is 3.29. The van der Waals surface area contributed by atoms with Crippen molar-refractivity contribution in [1.82, 2.24) is 0 Å². The molecule has 9 nitrogen and oxygen atoms in total. The van der Waals surface area contributed by atoms with Gasteiger partial charge in [0.1, 0.15) is 19.8 Å². The van der Waals surface area contributed by atoms with Crippen LogP contribution < -0.4 is 0 Å². The van der Waals surface area contributed by atoms with Crippen LogP contribution in [0.1, 0.15) is 277 Å². The molecule has 0 radical (unpaired) electrons. The van der Waals surface area contributed by atoms with E-state index in [9.17, 15) is 19.0 Å². The third kappa shape index (κ3) is 53.7. The summed E-state index contributed by atoms with van der Waals surface area (Å²) < 4.78 is 34.5. The number of hydrogen-bond donors (Lipinski definition) is 1. The molecular weight excluding hydrogens is 858 g/mol. The van der Waals surface area contributed by atoms with E-state index < -0.39 is 26.5 Å². The van der Waals surface area contributed by atoms with Crippen molar-refractivity contribution in [2.75, 3.05) is 47.5 Å². The fourth-order valence-corrected chi connectivity index (χ4v) is 9.02. The second-order valence-corrected chi connectivity index (χ2v) is 22.1. The van der Waals surface area contributed by atoms with E-state index in [1.807, 2.05) is 21.1 Å². The Bertz CT molecular complexity index is 1190. The topological polar surface area (TPSA) is 108 Å². The van der Waals surface area contributed by atoms with Gasteiger partial charge in [-0.05, 0) is 44.9 Å². The third-order valence-electron chi connectivity index (χ3n) is 12.7. The fraction of sp³-hybridized carbons (Fsp3) is 0.895. The Balaban J connectivity index is 4.10. The Morgan fingerprint density at radius 1 is 0.463 bits per heavy atom. The number of nitrogens with zero attached hydrogens (tertiary/aromatic N) is 1. The molecule has 67 heavy (non-hydrogen) atoms. The van der Waals surface area contributed by atoms with E-state index >= 15 is 0 Å². The van der Waals surface area contributed by atoms with Crippen LogP contribution in [0.3, 0.4) is 0 Å². The van der Waals surface area contributed by atoms with Crippen LogP contribution in [0, 0.1) is 0 Å². The van der Waals surface area contributed by atoms with Crippen LogP contribution in [0.25, 0.3) is 0 Å². The molecule has 0 heterocycles. The highest BCUT2D eigenvalue weighted by Crippen LogP contribution is 2.43. The first-order chi connectivity index (χ1) is 32.5. The van der Waals surface area contributed by atoms with Gasteiger partial charge in [0.15, 0.2) is 6.10 Å². The summed E-state index contributed by atoms with van der Waals surface area (Å²) in [5.41, 5.74) is 0. The van der Waals surface area contributed by atoms with Crippen LogP contribution in [-0.4, -0.2) is 74.9 Å². The molecule has 0 spiro atoms. The maximum Gasteiger partial charge on any atom is 0.472 e. The maximum absolute atomic E-state index is 12.8. The number of allylic oxidation sites excluding steroid dienone is 4. The molecule has 0 aliphatic carbocycles. The van der Waals surface area contributed by atoms with Gasteiger partial charge in [-0.3, -0.25) is 18.6 Å². The van der Waals surface area contributed by atoms with Crippen LogP contribution in [0.15, 0.2) is 24.3 Å². The van der Waals surface area contributed by atoms with E-state index in [0.717, 1.165) is 38.5 Å². The molecule has 0 bridgehead atoms. The largest absolute Gasteiger partial charge is 0.472 e. The highest BCUT2D eigenvalue weighted by atomic mass is 31.2. The Morgan fingerprint density at radius 2 is 0.806 bits per heavy atom. The predicted molar refractivity (Wildman–Crippen MR) is 284 cm³/mol. The number of carbonyl (C=O) groups excluding carboxylic acids is 2. The SMILES string of the molecule is CCCCCCC/C=C\C/C=C\CCCCCCCCCCCCCCCCCC(=O)OC(COC(=O)CCCCCCCCCCCCCCCCCC)COP(=O)(O)OCC[N+](C)(C)C. The highest BCUT2D eigenvalue weighted by Gasteiger charge is 2.27. The zero-order valence-corrected chi connectivity index (χ0v) is 45.8. The number of likely N-dealkylation sites (N-methyl/N-ethyl adjacent to an activating group) is 1. The van der Waals surface area contributed by atoms with Gasteiger partial charge in [-0.1, -0.05) is 244 Å². The minimum atomic E-state index is -4.38. The molecule has 396 valence electrons. The van der Waals surface area contributed by atoms with Gasteiger partial charge in [0.05, 0.1) is 27.7 Å². The Morgan fingerprint density at radius 3 is 1.18 bits per heavy atom. The summed E-state index contributed by atoms with van der Waals surface area (Å²) in [5.74, 6) is -0.782. The maximum atomic E-state index is 12.8. The summed E-state index contributed by atoms with van der Waals surface area (Å²) in [7, 11) is 1.49. The number of phosphoric ester groups is 1. The Hall–Kier alpha value is -1.51. The summed E-state index contributed by atoms with van der Waals surface area (Å²) in [6.45, 7) is 4.47. The van der Waals surface area contributed by atoms with Gasteiger partial charge in [-0.2, -0.15) is 0 Å². The van der Waals surface area contributed by atoms with Crippen LogP contribution in [0.5, 0.6) is 0 Å². The van der Waals surface area contributed by atoms with E-state index in [2.05, 4.69) is 38.2 Å². The van der Waals surface area contributed by atoms with Crippen LogP contribution in [0.4, 0.5) is 0 Å². The second kappa shape index (κ2) is 49.5. The normalized spacial score (nSPS) is 13.5. The van der Waals surface area contributed by atoms with E-state index in [-0.39, 0.29) is 25.6 Å². The molecule has 2 atom stereocenters. The molecule has 0 aliphatic rings. The molecule has 0 fully saturated rings. The monoisotopic (exact) mass is 969 g/mol. The van der Waals surface area contributed by atoms with E-state index in [1.165, 1.54) is 205 Å². The van der Waals surface area contributed by atoms with Crippen LogP contribution in [-0.2, 0) is 32.7 Å². The number of phosphoric acid groups is 1. The molecule has 0 aromatic carbocycles. The van der Waals surface area contributed by atoms with Crippen molar-refractivity contribution in [2.24, 2.45) is 0 Å². The number of rotatable bonds is 53. The zero-order chi connectivity index (χ0) is 49.2. The molecular formula is C57H111NO8P+. The van der Waals surface area contributed by atoms with Gasteiger partial charge in [0, 0.05) is 12.8 Å². The molecule has 10 heteroatoms. The van der Waals surface area contributed by atoms with Gasteiger partial charge in [-0.25, -0.2) is 4.57 Å². The minimum absolute atomic E-state index is 0.0348. The smallest absolute Gasteiger partial charge is 0.462 e. The summed E-state index contributed by atoms with van der Waals surface area (Å²) in [5, 5.41) is 0. The number of hydrogen-bond acceptors (Lipinski definition) is 7. The molecule has 1 N–H and O–H groups in total. The molecule has 0 aliphatic heterocycles. The van der Waals surface area contributed by atoms with E-state index in [1.54, 1.807) is 0 Å². The third-order valence-corrected chi connectivity index (χ3v) is 13.7. The molecule has 0 saturated heterocycles. The molecule has 0 saturated carbocycles. The number of unbranched alkanes of at least 4 members (excludes halogenated alkanes) is 35. The summed E-state index contributed by atoms with van der Waals surface area (Å²) >= 11 is 0. The number of carbonyl (C=O) groups is 2. The quantitative estimate of drug-likeness (QED) is 0.0211. The van der Waals surface area contributed by atoms with Gasteiger partial charge < -0.3 is 18.9 Å². The van der Waals surface area contributed by atoms with Gasteiger partial charge in [0.25, 0.3) is 0 Å². The van der Waals surface area contributed by atoms with Gasteiger partial charge in [0.2, 0.25) is 0 Å². The van der Waals surface area contributed by atoms with Crippen molar-refractivity contribution in [1.29, 1.82) is 0 Å². The molecule has 0 aromatic heterocycles. The predicted octanol–water partition coefficient (Wildman–Crippen LogP) is 17.4. The van der Waals surface area contributed by atoms with E-state index in [0.29, 0.717) is 23.9 Å². The van der Waals surface area contributed by atoms with Crippen molar-refractivity contribution in [3.8, 4) is 0 Å². The summed E-state index contributed by atoms with van der Waals surface area (Å²) in [6.07, 6.45) is 58.1. The first-order valence-corrected chi connectivity index (χ1v) is 30.1. The van der Waals surface area contributed by atoms with Crippen molar-refractivity contribution in [3.05, 3.63) is 24.3 Å². The highest BCUT2D eigenvalue weighted by molar-refractivity contribution is 7.47. The van der Waals surface area contributed by atoms with Crippen LogP contribution in [0.2, 0.25) is 0 Å². The van der Waals surface area contributed by atoms with Gasteiger partial charge in [-0.15, -0.1) is 0 Å². The van der Waals surface area contributed by atoms with Crippen molar-refractivity contribution in [2.45, 2.75) is 283 Å². The van der Waals surface area contributed by atoms with Gasteiger partial charge >= 0.3 is 19.8 Å². The lowest BCUT2D eigenvalue weighted by Crippen LogP contribution is -2.37. The first-order valence-electron chi connectivity index (χ1n) is 28.6. The summed E-state index contributed by atoms with van der Waals surface area (Å²) in [4.78, 5) is 35.6. The lowest BCUT2D eigenvalue weighted by atomic mass is 10.0. The van der Waals surface area contributed by atoms with Crippen LogP contribution >= 0.6 is 7.82 Å². The van der Waals surface area contributed by atoms with Crippen molar-refractivity contribution < 1.29 is 42.1 Å². The fourth-order valence-electron chi connectivity index (χ4n) is 8.28. The Kier molecular flexibility index (Phi) is 48.4. The van der Waals surface area contributed by atoms with Crippen molar-refractivity contribution in [3.63, 3.8) is 0 Å².